The number of aliphatic hydroxyl groups is 1. The van der Waals surface area contributed by atoms with Crippen LogP contribution in [-0.4, -0.2) is 23.8 Å². The largest absolute Gasteiger partial charge is 0.392 e. The van der Waals surface area contributed by atoms with Gasteiger partial charge < -0.3 is 10.4 Å². The topological polar surface area (TPSA) is 32.3 Å². The highest BCUT2D eigenvalue weighted by molar-refractivity contribution is 4.65. The number of nitrogens with one attached hydrogen (secondary N) is 1. The van der Waals surface area contributed by atoms with Gasteiger partial charge in [-0.1, -0.05) is 20.3 Å². The van der Waals surface area contributed by atoms with Crippen molar-refractivity contribution in [2.75, 3.05) is 6.54 Å². The van der Waals surface area contributed by atoms with Crippen molar-refractivity contribution >= 4 is 0 Å². The van der Waals surface area contributed by atoms with Crippen molar-refractivity contribution in [3.63, 3.8) is 0 Å². The second-order valence-corrected chi connectivity index (χ2v) is 3.91. The van der Waals surface area contributed by atoms with Gasteiger partial charge in [0.1, 0.15) is 0 Å². The third kappa shape index (κ3) is 6.62. The summed E-state index contributed by atoms with van der Waals surface area (Å²) in [6, 6.07) is 0.523. The van der Waals surface area contributed by atoms with Gasteiger partial charge in [-0.3, -0.25) is 0 Å². The fraction of sp³-hybridized carbons (Fsp3) is 1.00. The molecule has 0 bridgehead atoms. The number of hydrogen-bond donors (Lipinski definition) is 2. The van der Waals surface area contributed by atoms with Gasteiger partial charge in [-0.05, 0) is 26.2 Å². The summed E-state index contributed by atoms with van der Waals surface area (Å²) in [4.78, 5) is 0. The minimum atomic E-state index is -0.232. The Morgan fingerprint density at radius 1 is 1.25 bits per heavy atom. The Bertz CT molecular complexity index is 104. The van der Waals surface area contributed by atoms with E-state index in [-0.39, 0.29) is 6.10 Å². The standard InChI is InChI=1S/C10H23NO/c1-5-8(2)6-9(3)11-7-10(4)12/h8-12H,5-7H2,1-4H3. The van der Waals surface area contributed by atoms with E-state index in [1.54, 1.807) is 0 Å². The summed E-state index contributed by atoms with van der Waals surface area (Å²) < 4.78 is 0. The molecule has 0 aliphatic carbocycles. The number of rotatable bonds is 6. The molecule has 0 saturated carbocycles. The van der Waals surface area contributed by atoms with Gasteiger partial charge in [-0.25, -0.2) is 0 Å². The molecule has 0 fully saturated rings. The van der Waals surface area contributed by atoms with E-state index in [1.165, 1.54) is 12.8 Å². The predicted molar refractivity (Wildman–Crippen MR) is 53.2 cm³/mol. The lowest BCUT2D eigenvalue weighted by molar-refractivity contribution is 0.184. The van der Waals surface area contributed by atoms with E-state index in [4.69, 9.17) is 5.11 Å². The summed E-state index contributed by atoms with van der Waals surface area (Å²) in [5, 5.41) is 12.3. The Morgan fingerprint density at radius 2 is 1.83 bits per heavy atom. The molecule has 0 spiro atoms. The summed E-state index contributed by atoms with van der Waals surface area (Å²) in [6.45, 7) is 9.17. The maximum Gasteiger partial charge on any atom is 0.0636 e. The molecule has 0 heterocycles. The van der Waals surface area contributed by atoms with Gasteiger partial charge in [-0.15, -0.1) is 0 Å². The van der Waals surface area contributed by atoms with Crippen LogP contribution < -0.4 is 5.32 Å². The lowest BCUT2D eigenvalue weighted by atomic mass is 10.0. The first-order valence-electron chi connectivity index (χ1n) is 4.97. The van der Waals surface area contributed by atoms with Crippen LogP contribution in [-0.2, 0) is 0 Å². The molecule has 0 amide bonds. The van der Waals surface area contributed by atoms with Gasteiger partial charge in [0.25, 0.3) is 0 Å². The Labute approximate surface area is 76.4 Å². The van der Waals surface area contributed by atoms with Crippen LogP contribution in [0.3, 0.4) is 0 Å². The molecule has 3 unspecified atom stereocenters. The minimum Gasteiger partial charge on any atom is -0.392 e. The molecular formula is C10H23NO. The SMILES string of the molecule is CCC(C)CC(C)NCC(C)O. The van der Waals surface area contributed by atoms with Crippen LogP contribution >= 0.6 is 0 Å². The van der Waals surface area contributed by atoms with E-state index in [1.807, 2.05) is 6.92 Å². The molecule has 0 aromatic carbocycles. The molecule has 0 radical (unpaired) electrons. The smallest absolute Gasteiger partial charge is 0.0636 e. The molecule has 12 heavy (non-hydrogen) atoms. The predicted octanol–water partition coefficient (Wildman–Crippen LogP) is 1.78. The zero-order chi connectivity index (χ0) is 9.56. The van der Waals surface area contributed by atoms with Crippen LogP contribution in [0, 0.1) is 5.92 Å². The molecule has 74 valence electrons. The van der Waals surface area contributed by atoms with Gasteiger partial charge >= 0.3 is 0 Å². The van der Waals surface area contributed by atoms with Gasteiger partial charge in [0, 0.05) is 12.6 Å². The molecule has 0 aromatic rings. The maximum atomic E-state index is 9.03. The van der Waals surface area contributed by atoms with Crippen LogP contribution in [0.25, 0.3) is 0 Å². The lowest BCUT2D eigenvalue weighted by Gasteiger charge is -2.18. The molecule has 2 nitrogen and oxygen atoms in total. The first-order chi connectivity index (χ1) is 5.56. The van der Waals surface area contributed by atoms with Crippen LogP contribution in [0.15, 0.2) is 0 Å². The molecule has 3 atom stereocenters. The van der Waals surface area contributed by atoms with Gasteiger partial charge in [-0.2, -0.15) is 0 Å². The van der Waals surface area contributed by atoms with Crippen molar-refractivity contribution < 1.29 is 5.11 Å². The molecule has 0 aliphatic rings. The molecular weight excluding hydrogens is 150 g/mol. The van der Waals surface area contributed by atoms with E-state index in [0.717, 1.165) is 5.92 Å². The normalized spacial score (nSPS) is 18.8. The van der Waals surface area contributed by atoms with Crippen molar-refractivity contribution in [2.24, 2.45) is 5.92 Å². The highest BCUT2D eigenvalue weighted by Gasteiger charge is 2.06. The Hall–Kier alpha value is -0.0800. The van der Waals surface area contributed by atoms with E-state index in [2.05, 4.69) is 26.1 Å². The highest BCUT2D eigenvalue weighted by atomic mass is 16.3. The summed E-state index contributed by atoms with van der Waals surface area (Å²) in [5.41, 5.74) is 0. The zero-order valence-corrected chi connectivity index (χ0v) is 8.80. The second kappa shape index (κ2) is 6.44. The highest BCUT2D eigenvalue weighted by Crippen LogP contribution is 2.08. The Morgan fingerprint density at radius 3 is 2.25 bits per heavy atom. The van der Waals surface area contributed by atoms with Gasteiger partial charge in [0.05, 0.1) is 6.10 Å². The average molecular weight is 173 g/mol. The fourth-order valence-corrected chi connectivity index (χ4v) is 1.23. The van der Waals surface area contributed by atoms with Crippen LogP contribution in [0.5, 0.6) is 0 Å². The quantitative estimate of drug-likeness (QED) is 0.641. The molecule has 2 heteroatoms. The zero-order valence-electron chi connectivity index (χ0n) is 8.80. The summed E-state index contributed by atoms with van der Waals surface area (Å²) in [6.07, 6.45) is 2.20. The maximum absolute atomic E-state index is 9.03. The Balaban J connectivity index is 3.39. The van der Waals surface area contributed by atoms with E-state index < -0.39 is 0 Å². The van der Waals surface area contributed by atoms with Crippen molar-refractivity contribution in [3.8, 4) is 0 Å². The monoisotopic (exact) mass is 173 g/mol. The Kier molecular flexibility index (Phi) is 6.39. The first kappa shape index (κ1) is 11.9. The van der Waals surface area contributed by atoms with E-state index >= 15 is 0 Å². The number of hydrogen-bond acceptors (Lipinski definition) is 2. The number of aliphatic hydroxyl groups excluding tert-OH is 1. The molecule has 0 saturated heterocycles. The fourth-order valence-electron chi connectivity index (χ4n) is 1.23. The molecule has 0 aromatic heterocycles. The van der Waals surface area contributed by atoms with Crippen LogP contribution in [0.4, 0.5) is 0 Å². The van der Waals surface area contributed by atoms with Gasteiger partial charge in [0.2, 0.25) is 0 Å². The average Bonchev–Trinajstić information content (AvgIpc) is 2.00. The van der Waals surface area contributed by atoms with Crippen molar-refractivity contribution in [2.45, 2.75) is 52.7 Å². The molecule has 0 aliphatic heterocycles. The van der Waals surface area contributed by atoms with Gasteiger partial charge in [0.15, 0.2) is 0 Å². The van der Waals surface area contributed by atoms with Crippen LogP contribution in [0.2, 0.25) is 0 Å². The van der Waals surface area contributed by atoms with Crippen LogP contribution in [0.1, 0.15) is 40.5 Å². The van der Waals surface area contributed by atoms with Crippen molar-refractivity contribution in [3.05, 3.63) is 0 Å². The lowest BCUT2D eigenvalue weighted by Crippen LogP contribution is -2.33. The van der Waals surface area contributed by atoms with Crippen molar-refractivity contribution in [1.82, 2.24) is 5.32 Å². The summed E-state index contributed by atoms with van der Waals surface area (Å²) in [7, 11) is 0. The third-order valence-electron chi connectivity index (χ3n) is 2.21. The third-order valence-corrected chi connectivity index (χ3v) is 2.21. The van der Waals surface area contributed by atoms with E-state index in [0.29, 0.717) is 12.6 Å². The summed E-state index contributed by atoms with van der Waals surface area (Å²) in [5.74, 6) is 0.779. The van der Waals surface area contributed by atoms with E-state index in [9.17, 15) is 0 Å². The summed E-state index contributed by atoms with van der Waals surface area (Å²) >= 11 is 0. The first-order valence-corrected chi connectivity index (χ1v) is 4.97. The molecule has 0 rings (SSSR count). The molecule has 2 N–H and O–H groups in total. The van der Waals surface area contributed by atoms with Crippen molar-refractivity contribution in [1.29, 1.82) is 0 Å². The second-order valence-electron chi connectivity index (χ2n) is 3.91. The minimum absolute atomic E-state index is 0.232.